The van der Waals surface area contributed by atoms with Crippen molar-refractivity contribution in [2.75, 3.05) is 40.4 Å². The van der Waals surface area contributed by atoms with E-state index in [2.05, 4.69) is 26.1 Å². The van der Waals surface area contributed by atoms with Gasteiger partial charge in [0.2, 0.25) is 0 Å². The first kappa shape index (κ1) is 14.2. The van der Waals surface area contributed by atoms with Crippen LogP contribution in [0.2, 0.25) is 0 Å². The quantitative estimate of drug-likeness (QED) is 0.826. The van der Waals surface area contributed by atoms with E-state index >= 15 is 0 Å². The van der Waals surface area contributed by atoms with Crippen LogP contribution in [-0.4, -0.2) is 51.2 Å². The van der Waals surface area contributed by atoms with Gasteiger partial charge in [-0.2, -0.15) is 0 Å². The van der Waals surface area contributed by atoms with Gasteiger partial charge >= 0.3 is 0 Å². The fourth-order valence-corrected chi connectivity index (χ4v) is 1.55. The first-order valence-corrected chi connectivity index (χ1v) is 6.14. The van der Waals surface area contributed by atoms with Crippen molar-refractivity contribution in [3.05, 3.63) is 22.6 Å². The molecule has 1 amide bonds. The van der Waals surface area contributed by atoms with Crippen molar-refractivity contribution in [2.45, 2.75) is 0 Å². The summed E-state index contributed by atoms with van der Waals surface area (Å²) >= 11 is 3.15. The third-order valence-corrected chi connectivity index (χ3v) is 2.68. The molecule has 17 heavy (non-hydrogen) atoms. The van der Waals surface area contributed by atoms with Crippen LogP contribution >= 0.6 is 15.9 Å². The maximum absolute atomic E-state index is 11.6. The number of methoxy groups -OCH3 is 1. The molecule has 0 radical (unpaired) electrons. The van der Waals surface area contributed by atoms with Gasteiger partial charge < -0.3 is 19.4 Å². The Morgan fingerprint density at radius 1 is 1.53 bits per heavy atom. The average Bonchev–Trinajstić information content (AvgIpc) is 2.73. The third kappa shape index (κ3) is 5.34. The molecule has 1 heterocycles. The predicted molar refractivity (Wildman–Crippen MR) is 68.1 cm³/mol. The van der Waals surface area contributed by atoms with Gasteiger partial charge in [-0.05, 0) is 35.1 Å². The Hall–Kier alpha value is -0.850. The Morgan fingerprint density at radius 2 is 2.29 bits per heavy atom. The van der Waals surface area contributed by atoms with Gasteiger partial charge in [0.1, 0.15) is 0 Å². The van der Waals surface area contributed by atoms with Gasteiger partial charge in [0, 0.05) is 26.7 Å². The largest absolute Gasteiger partial charge is 0.444 e. The summed E-state index contributed by atoms with van der Waals surface area (Å²) in [5.74, 6) is 0.118. The number of carbonyl (C=O) groups is 1. The fourth-order valence-electron chi connectivity index (χ4n) is 1.24. The monoisotopic (exact) mass is 304 g/mol. The molecule has 5 nitrogen and oxygen atoms in total. The highest BCUT2D eigenvalue weighted by Crippen LogP contribution is 2.13. The van der Waals surface area contributed by atoms with Crippen LogP contribution < -0.4 is 5.32 Å². The number of likely N-dealkylation sites (N-methyl/N-ethyl adjacent to an activating group) is 1. The van der Waals surface area contributed by atoms with E-state index in [1.54, 1.807) is 19.2 Å². The Morgan fingerprint density at radius 3 is 2.88 bits per heavy atom. The molecule has 0 unspecified atom stereocenters. The molecule has 1 rings (SSSR count). The molecule has 96 valence electrons. The SMILES string of the molecule is COCCN(C)CCNC(=O)c1ccc(Br)o1. The van der Waals surface area contributed by atoms with E-state index in [-0.39, 0.29) is 5.91 Å². The molecule has 0 saturated carbocycles. The predicted octanol–water partition coefficient (Wildman–Crippen LogP) is 1.35. The van der Waals surface area contributed by atoms with Gasteiger partial charge in [0.15, 0.2) is 10.4 Å². The van der Waals surface area contributed by atoms with Crippen molar-refractivity contribution in [3.63, 3.8) is 0 Å². The number of nitrogens with zero attached hydrogens (tertiary/aromatic N) is 1. The maximum atomic E-state index is 11.6. The number of carbonyl (C=O) groups excluding carboxylic acids is 1. The molecule has 0 aliphatic carbocycles. The molecule has 1 N–H and O–H groups in total. The van der Waals surface area contributed by atoms with Crippen LogP contribution in [0.15, 0.2) is 21.2 Å². The molecule has 0 aliphatic rings. The Labute approximate surface area is 109 Å². The van der Waals surface area contributed by atoms with E-state index in [0.717, 1.165) is 13.1 Å². The summed E-state index contributed by atoms with van der Waals surface area (Å²) in [6.07, 6.45) is 0. The van der Waals surface area contributed by atoms with Crippen LogP contribution in [0.3, 0.4) is 0 Å². The summed E-state index contributed by atoms with van der Waals surface area (Å²) in [5, 5.41) is 2.78. The van der Waals surface area contributed by atoms with Crippen LogP contribution in [0.1, 0.15) is 10.6 Å². The summed E-state index contributed by atoms with van der Waals surface area (Å²) in [4.78, 5) is 13.7. The lowest BCUT2D eigenvalue weighted by Gasteiger charge is -2.15. The zero-order valence-electron chi connectivity index (χ0n) is 10.0. The highest BCUT2D eigenvalue weighted by molar-refractivity contribution is 9.10. The van der Waals surface area contributed by atoms with Crippen molar-refractivity contribution in [1.29, 1.82) is 0 Å². The van der Waals surface area contributed by atoms with Gasteiger partial charge in [0.25, 0.3) is 5.91 Å². The zero-order chi connectivity index (χ0) is 12.7. The van der Waals surface area contributed by atoms with Crippen molar-refractivity contribution in [2.24, 2.45) is 0 Å². The number of ether oxygens (including phenoxy) is 1. The second-order valence-electron chi connectivity index (χ2n) is 3.66. The molecular weight excluding hydrogens is 288 g/mol. The fraction of sp³-hybridized carbons (Fsp3) is 0.545. The van der Waals surface area contributed by atoms with Gasteiger partial charge in [-0.25, -0.2) is 0 Å². The van der Waals surface area contributed by atoms with Gasteiger partial charge in [0.05, 0.1) is 6.61 Å². The highest BCUT2D eigenvalue weighted by atomic mass is 79.9. The molecule has 0 fully saturated rings. The zero-order valence-corrected chi connectivity index (χ0v) is 11.6. The number of halogens is 1. The topological polar surface area (TPSA) is 54.7 Å². The first-order valence-electron chi connectivity index (χ1n) is 5.34. The van der Waals surface area contributed by atoms with Crippen LogP contribution in [-0.2, 0) is 4.74 Å². The average molecular weight is 305 g/mol. The third-order valence-electron chi connectivity index (χ3n) is 2.25. The van der Waals surface area contributed by atoms with E-state index in [4.69, 9.17) is 9.15 Å². The molecule has 1 aromatic rings. The van der Waals surface area contributed by atoms with Crippen molar-refractivity contribution in [1.82, 2.24) is 10.2 Å². The molecule has 0 saturated heterocycles. The molecule has 0 aliphatic heterocycles. The lowest BCUT2D eigenvalue weighted by molar-refractivity contribution is 0.0918. The van der Waals surface area contributed by atoms with Crippen LogP contribution in [0.25, 0.3) is 0 Å². The van der Waals surface area contributed by atoms with Gasteiger partial charge in [-0.3, -0.25) is 4.79 Å². The summed E-state index contributed by atoms with van der Waals surface area (Å²) in [6.45, 7) is 2.89. The van der Waals surface area contributed by atoms with Crippen molar-refractivity contribution < 1.29 is 13.9 Å². The number of nitrogens with one attached hydrogen (secondary N) is 1. The van der Waals surface area contributed by atoms with E-state index in [9.17, 15) is 4.79 Å². The second kappa shape index (κ2) is 7.47. The van der Waals surface area contributed by atoms with Crippen molar-refractivity contribution >= 4 is 21.8 Å². The molecule has 0 bridgehead atoms. The second-order valence-corrected chi connectivity index (χ2v) is 4.44. The number of amides is 1. The van der Waals surface area contributed by atoms with Crippen molar-refractivity contribution in [3.8, 4) is 0 Å². The number of furan rings is 1. The highest BCUT2D eigenvalue weighted by Gasteiger charge is 2.09. The summed E-state index contributed by atoms with van der Waals surface area (Å²) in [7, 11) is 3.65. The van der Waals surface area contributed by atoms with Gasteiger partial charge in [-0.15, -0.1) is 0 Å². The first-order chi connectivity index (χ1) is 8.13. The molecule has 1 aromatic heterocycles. The molecule has 6 heteroatoms. The minimum absolute atomic E-state index is 0.198. The standard InChI is InChI=1S/C11H17BrN2O3/c1-14(7-8-16-2)6-5-13-11(15)9-3-4-10(12)17-9/h3-4H,5-8H2,1-2H3,(H,13,15). The smallest absolute Gasteiger partial charge is 0.287 e. The Bertz CT molecular complexity index is 354. The van der Waals surface area contributed by atoms with E-state index in [1.165, 1.54) is 0 Å². The molecular formula is C11H17BrN2O3. The lowest BCUT2D eigenvalue weighted by atomic mass is 10.4. The minimum atomic E-state index is -0.198. The normalized spacial score (nSPS) is 10.8. The Kier molecular flexibility index (Phi) is 6.25. The molecule has 0 spiro atoms. The van der Waals surface area contributed by atoms with Crippen LogP contribution in [0.5, 0.6) is 0 Å². The summed E-state index contributed by atoms with van der Waals surface area (Å²) in [5.41, 5.74) is 0. The number of rotatable bonds is 7. The van der Waals surface area contributed by atoms with Crippen LogP contribution in [0.4, 0.5) is 0 Å². The van der Waals surface area contributed by atoms with E-state index in [0.29, 0.717) is 23.6 Å². The summed E-state index contributed by atoms with van der Waals surface area (Å²) < 4.78 is 10.7. The molecule has 0 aromatic carbocycles. The van der Waals surface area contributed by atoms with E-state index in [1.807, 2.05) is 7.05 Å². The number of hydrogen-bond acceptors (Lipinski definition) is 4. The van der Waals surface area contributed by atoms with Gasteiger partial charge in [-0.1, -0.05) is 0 Å². The maximum Gasteiger partial charge on any atom is 0.287 e. The Balaban J connectivity index is 2.20. The summed E-state index contributed by atoms with van der Waals surface area (Å²) in [6, 6.07) is 3.33. The lowest BCUT2D eigenvalue weighted by Crippen LogP contribution is -2.34. The molecule has 0 atom stereocenters. The number of hydrogen-bond donors (Lipinski definition) is 1. The minimum Gasteiger partial charge on any atom is -0.444 e. The van der Waals surface area contributed by atoms with E-state index < -0.39 is 0 Å². The van der Waals surface area contributed by atoms with Crippen LogP contribution in [0, 0.1) is 0 Å².